The molecule has 0 aliphatic carbocycles. The number of fused-ring (bicyclic) bond motifs is 1. The highest BCUT2D eigenvalue weighted by molar-refractivity contribution is 7.90. The Labute approximate surface area is 142 Å². The molecule has 1 aliphatic rings. The van der Waals surface area contributed by atoms with E-state index in [2.05, 4.69) is 5.32 Å². The fourth-order valence-electron chi connectivity index (χ4n) is 2.18. The highest BCUT2D eigenvalue weighted by atomic mass is 32.2. The molecule has 0 atom stereocenters. The molecule has 2 aromatic rings. The van der Waals surface area contributed by atoms with Crippen LogP contribution < -0.4 is 14.8 Å². The van der Waals surface area contributed by atoms with Crippen LogP contribution in [0.3, 0.4) is 0 Å². The number of thiophene rings is 1. The van der Waals surface area contributed by atoms with Crippen LogP contribution in [0.1, 0.15) is 11.3 Å². The number of benzene rings is 1. The highest BCUT2D eigenvalue weighted by Crippen LogP contribution is 2.30. The lowest BCUT2D eigenvalue weighted by atomic mass is 10.2. The van der Waals surface area contributed by atoms with Gasteiger partial charge in [0.05, 0.1) is 10.6 Å². The van der Waals surface area contributed by atoms with E-state index in [4.69, 9.17) is 4.74 Å². The number of hydrogen-bond donors (Lipinski definition) is 2. The van der Waals surface area contributed by atoms with Crippen LogP contribution in [0.5, 0.6) is 5.75 Å². The average Bonchev–Trinajstić information content (AvgIpc) is 3.05. The van der Waals surface area contributed by atoms with Gasteiger partial charge in [-0.05, 0) is 36.1 Å². The molecule has 0 bridgehead atoms. The number of ether oxygens (including phenoxy) is 1. The van der Waals surface area contributed by atoms with Gasteiger partial charge in [0.1, 0.15) is 5.75 Å². The normalized spacial score (nSPS) is 13.6. The summed E-state index contributed by atoms with van der Waals surface area (Å²) in [5.41, 5.74) is 0.264. The van der Waals surface area contributed by atoms with Crippen molar-refractivity contribution in [3.05, 3.63) is 40.6 Å². The molecule has 0 saturated carbocycles. The number of sulfonamides is 1. The van der Waals surface area contributed by atoms with Gasteiger partial charge in [0.15, 0.2) is 6.61 Å². The van der Waals surface area contributed by atoms with Gasteiger partial charge >= 0.3 is 0 Å². The Bertz CT molecular complexity index is 875. The van der Waals surface area contributed by atoms with E-state index in [1.165, 1.54) is 29.5 Å². The monoisotopic (exact) mass is 366 g/mol. The third kappa shape index (κ3) is 3.74. The summed E-state index contributed by atoms with van der Waals surface area (Å²) in [6.45, 7) is -0.113. The van der Waals surface area contributed by atoms with E-state index < -0.39 is 15.9 Å². The van der Waals surface area contributed by atoms with Crippen LogP contribution in [-0.4, -0.2) is 26.8 Å². The number of carbonyl (C=O) groups is 2. The first-order valence-electron chi connectivity index (χ1n) is 7.09. The van der Waals surface area contributed by atoms with Crippen LogP contribution in [0, 0.1) is 0 Å². The van der Waals surface area contributed by atoms with Crippen molar-refractivity contribution in [1.29, 1.82) is 0 Å². The quantitative estimate of drug-likeness (QED) is 0.835. The zero-order valence-electron chi connectivity index (χ0n) is 12.4. The van der Waals surface area contributed by atoms with Gasteiger partial charge in [-0.25, -0.2) is 13.1 Å². The summed E-state index contributed by atoms with van der Waals surface area (Å²) in [7, 11) is -4.00. The molecule has 0 saturated heterocycles. The van der Waals surface area contributed by atoms with E-state index in [0.29, 0.717) is 12.2 Å². The number of nitrogens with one attached hydrogen (secondary N) is 2. The maximum atomic E-state index is 12.3. The maximum absolute atomic E-state index is 12.3. The van der Waals surface area contributed by atoms with Crippen molar-refractivity contribution in [1.82, 2.24) is 4.72 Å². The molecule has 7 nitrogen and oxygen atoms in total. The van der Waals surface area contributed by atoms with Crippen LogP contribution in [0.2, 0.25) is 0 Å². The second-order valence-corrected chi connectivity index (χ2v) is 7.82. The summed E-state index contributed by atoms with van der Waals surface area (Å²) in [5.74, 6) is -0.559. The molecule has 0 fully saturated rings. The summed E-state index contributed by atoms with van der Waals surface area (Å²) >= 11 is 1.51. The third-order valence-electron chi connectivity index (χ3n) is 3.32. The van der Waals surface area contributed by atoms with Crippen LogP contribution in [0.4, 0.5) is 5.69 Å². The van der Waals surface area contributed by atoms with Crippen molar-refractivity contribution in [2.75, 3.05) is 11.9 Å². The first-order chi connectivity index (χ1) is 11.4. The molecule has 3 rings (SSSR count). The van der Waals surface area contributed by atoms with Gasteiger partial charge in [-0.15, -0.1) is 11.3 Å². The molecule has 2 heterocycles. The smallest absolute Gasteiger partial charge is 0.264 e. The van der Waals surface area contributed by atoms with Crippen LogP contribution in [0.15, 0.2) is 40.6 Å². The van der Waals surface area contributed by atoms with Gasteiger partial charge in [-0.2, -0.15) is 0 Å². The second kappa shape index (κ2) is 6.62. The summed E-state index contributed by atoms with van der Waals surface area (Å²) in [6.07, 6.45) is 0.553. The van der Waals surface area contributed by atoms with Crippen LogP contribution in [-0.2, 0) is 26.0 Å². The number of carbonyl (C=O) groups excluding carboxylic acids is 2. The van der Waals surface area contributed by atoms with Crippen molar-refractivity contribution in [2.45, 2.75) is 17.7 Å². The molecule has 1 aliphatic heterocycles. The van der Waals surface area contributed by atoms with Gasteiger partial charge in [0, 0.05) is 11.3 Å². The molecule has 126 valence electrons. The topological polar surface area (TPSA) is 102 Å². The van der Waals surface area contributed by atoms with Crippen molar-refractivity contribution < 1.29 is 22.7 Å². The number of hydrogen-bond acceptors (Lipinski definition) is 6. The van der Waals surface area contributed by atoms with Crippen molar-refractivity contribution >= 4 is 38.9 Å². The van der Waals surface area contributed by atoms with E-state index in [-0.39, 0.29) is 29.5 Å². The fraction of sp³-hybridized carbons (Fsp3) is 0.200. The largest absolute Gasteiger partial charge is 0.482 e. The Hall–Kier alpha value is -2.39. The molecule has 2 N–H and O–H groups in total. The Balaban J connectivity index is 1.69. The number of anilines is 1. The SMILES string of the molecule is O=C1COc2ccc(S(=O)(=O)NC(=O)CCc3cccs3)cc2N1. The third-order valence-corrected chi connectivity index (χ3v) is 5.63. The molecule has 0 radical (unpaired) electrons. The van der Waals surface area contributed by atoms with Gasteiger partial charge in [-0.1, -0.05) is 6.07 Å². The molecule has 0 unspecified atom stereocenters. The highest BCUT2D eigenvalue weighted by Gasteiger charge is 2.22. The van der Waals surface area contributed by atoms with Crippen molar-refractivity contribution in [3.63, 3.8) is 0 Å². The molecule has 1 aromatic carbocycles. The van der Waals surface area contributed by atoms with Gasteiger partial charge in [0.2, 0.25) is 5.91 Å². The second-order valence-electron chi connectivity index (χ2n) is 5.10. The van der Waals surface area contributed by atoms with Gasteiger partial charge in [0.25, 0.3) is 15.9 Å². The lowest BCUT2D eigenvalue weighted by Crippen LogP contribution is -2.31. The first-order valence-corrected chi connectivity index (χ1v) is 9.45. The van der Waals surface area contributed by atoms with Crippen LogP contribution >= 0.6 is 11.3 Å². The summed E-state index contributed by atoms with van der Waals surface area (Å²) in [6, 6.07) is 7.79. The Kier molecular flexibility index (Phi) is 4.54. The van der Waals surface area contributed by atoms with Crippen LogP contribution in [0.25, 0.3) is 0 Å². The molecular formula is C15H14N2O5S2. The summed E-state index contributed by atoms with van der Waals surface area (Å²) in [5, 5.41) is 4.43. The number of aryl methyl sites for hydroxylation is 1. The molecule has 1 aromatic heterocycles. The Morgan fingerprint density at radius 3 is 2.92 bits per heavy atom. The molecule has 2 amide bonds. The summed E-state index contributed by atoms with van der Waals surface area (Å²) in [4.78, 5) is 24.1. The lowest BCUT2D eigenvalue weighted by molar-refractivity contribution is -0.119. The van der Waals surface area contributed by atoms with Crippen molar-refractivity contribution in [2.24, 2.45) is 0 Å². The Morgan fingerprint density at radius 2 is 2.17 bits per heavy atom. The average molecular weight is 366 g/mol. The molecule has 0 spiro atoms. The predicted molar refractivity (Wildman–Crippen MR) is 88.5 cm³/mol. The lowest BCUT2D eigenvalue weighted by Gasteiger charge is -2.18. The zero-order valence-corrected chi connectivity index (χ0v) is 14.1. The van der Waals surface area contributed by atoms with Gasteiger partial charge < -0.3 is 10.1 Å². The van der Waals surface area contributed by atoms with E-state index in [0.717, 1.165) is 4.88 Å². The fourth-order valence-corrected chi connectivity index (χ4v) is 3.93. The first kappa shape index (κ1) is 16.5. The molecule has 24 heavy (non-hydrogen) atoms. The standard InChI is InChI=1S/C15H14N2O5S2/c18-14(6-3-10-2-1-7-23-10)17-24(20,21)11-4-5-13-12(8-11)16-15(19)9-22-13/h1-2,4-5,7-8H,3,6,9H2,(H,16,19)(H,17,18). The molecular weight excluding hydrogens is 352 g/mol. The van der Waals surface area contributed by atoms with E-state index in [1.54, 1.807) is 0 Å². The zero-order chi connectivity index (χ0) is 17.2. The van der Waals surface area contributed by atoms with E-state index in [1.807, 2.05) is 22.2 Å². The Morgan fingerprint density at radius 1 is 1.33 bits per heavy atom. The van der Waals surface area contributed by atoms with E-state index >= 15 is 0 Å². The van der Waals surface area contributed by atoms with Crippen molar-refractivity contribution in [3.8, 4) is 5.75 Å². The van der Waals surface area contributed by atoms with Gasteiger partial charge in [-0.3, -0.25) is 9.59 Å². The van der Waals surface area contributed by atoms with E-state index in [9.17, 15) is 18.0 Å². The number of amides is 2. The minimum Gasteiger partial charge on any atom is -0.482 e. The minimum absolute atomic E-state index is 0.0739. The minimum atomic E-state index is -4.00. The molecule has 9 heteroatoms. The number of rotatable bonds is 5. The predicted octanol–water partition coefficient (Wildman–Crippen LogP) is 1.52. The summed E-state index contributed by atoms with van der Waals surface area (Å²) < 4.78 is 31.8. The maximum Gasteiger partial charge on any atom is 0.264 e.